The highest BCUT2D eigenvalue weighted by molar-refractivity contribution is 9.10. The van der Waals surface area contributed by atoms with E-state index in [0.717, 1.165) is 27.9 Å². The van der Waals surface area contributed by atoms with Crippen molar-refractivity contribution < 1.29 is 5.11 Å². The Morgan fingerprint density at radius 1 is 1.54 bits per heavy atom. The molecule has 1 aromatic carbocycles. The molecule has 0 unspecified atom stereocenters. The van der Waals surface area contributed by atoms with Crippen LogP contribution in [0.15, 0.2) is 22.7 Å². The van der Waals surface area contributed by atoms with Crippen molar-refractivity contribution in [3.05, 3.63) is 33.3 Å². The molecule has 0 saturated carbocycles. The Bertz CT molecular complexity index is 266. The summed E-state index contributed by atoms with van der Waals surface area (Å²) < 4.78 is 1.01. The zero-order valence-corrected chi connectivity index (χ0v) is 9.77. The molecule has 0 aromatic heterocycles. The van der Waals surface area contributed by atoms with Gasteiger partial charge in [0.15, 0.2) is 0 Å². The van der Waals surface area contributed by atoms with E-state index >= 15 is 0 Å². The van der Waals surface area contributed by atoms with Crippen molar-refractivity contribution in [1.82, 2.24) is 0 Å². The average Bonchev–Trinajstić information content (AvgIpc) is 2.03. The van der Waals surface area contributed by atoms with Crippen molar-refractivity contribution >= 4 is 27.5 Å². The standard InChI is InChI=1S/C10H12BrClO/c1-7(13)5-6-8-9(11)3-2-4-10(8)12/h2-4,7,13H,5-6H2,1H3/t7-/m0/s1. The number of hydrogen-bond acceptors (Lipinski definition) is 1. The van der Waals surface area contributed by atoms with Crippen LogP contribution in [-0.4, -0.2) is 11.2 Å². The number of halogens is 2. The fraction of sp³-hybridized carbons (Fsp3) is 0.400. The van der Waals surface area contributed by atoms with Gasteiger partial charge < -0.3 is 5.11 Å². The number of aliphatic hydroxyl groups excluding tert-OH is 1. The first-order valence-corrected chi connectivity index (χ1v) is 5.39. The van der Waals surface area contributed by atoms with Gasteiger partial charge in [-0.2, -0.15) is 0 Å². The van der Waals surface area contributed by atoms with E-state index in [9.17, 15) is 0 Å². The molecule has 1 N–H and O–H groups in total. The second kappa shape index (κ2) is 4.99. The molecule has 0 amide bonds. The molecule has 1 nitrogen and oxygen atoms in total. The third kappa shape index (κ3) is 3.29. The van der Waals surface area contributed by atoms with Crippen LogP contribution in [-0.2, 0) is 6.42 Å². The predicted octanol–water partition coefficient (Wildman–Crippen LogP) is 3.42. The second-order valence-electron chi connectivity index (χ2n) is 3.09. The highest BCUT2D eigenvalue weighted by Crippen LogP contribution is 2.26. The van der Waals surface area contributed by atoms with E-state index in [1.54, 1.807) is 6.92 Å². The van der Waals surface area contributed by atoms with E-state index < -0.39 is 0 Å². The molecule has 0 spiro atoms. The Kier molecular flexibility index (Phi) is 4.23. The van der Waals surface area contributed by atoms with Crippen molar-refractivity contribution in [3.8, 4) is 0 Å². The zero-order valence-electron chi connectivity index (χ0n) is 7.43. The molecule has 0 fully saturated rings. The second-order valence-corrected chi connectivity index (χ2v) is 4.35. The Hall–Kier alpha value is -0.0500. The summed E-state index contributed by atoms with van der Waals surface area (Å²) in [5.74, 6) is 0. The Labute approximate surface area is 91.9 Å². The fourth-order valence-electron chi connectivity index (χ4n) is 1.12. The zero-order chi connectivity index (χ0) is 9.84. The summed E-state index contributed by atoms with van der Waals surface area (Å²) in [5, 5.41) is 9.90. The van der Waals surface area contributed by atoms with E-state index in [0.29, 0.717) is 0 Å². The van der Waals surface area contributed by atoms with Crippen molar-refractivity contribution in [1.29, 1.82) is 0 Å². The smallest absolute Gasteiger partial charge is 0.0515 e. The summed E-state index contributed by atoms with van der Waals surface area (Å²) >= 11 is 9.43. The van der Waals surface area contributed by atoms with Gasteiger partial charge in [0.1, 0.15) is 0 Å². The molecule has 0 aliphatic heterocycles. The van der Waals surface area contributed by atoms with Gasteiger partial charge in [-0.15, -0.1) is 0 Å². The first-order valence-electron chi connectivity index (χ1n) is 4.22. The van der Waals surface area contributed by atoms with Crippen LogP contribution in [0.25, 0.3) is 0 Å². The maximum absolute atomic E-state index is 9.14. The van der Waals surface area contributed by atoms with Gasteiger partial charge in [0.2, 0.25) is 0 Å². The van der Waals surface area contributed by atoms with E-state index in [1.807, 2.05) is 18.2 Å². The fourth-order valence-corrected chi connectivity index (χ4v) is 2.07. The summed E-state index contributed by atoms with van der Waals surface area (Å²) in [6.07, 6.45) is 1.27. The van der Waals surface area contributed by atoms with Crippen LogP contribution in [0.1, 0.15) is 18.9 Å². The van der Waals surface area contributed by atoms with Crippen molar-refractivity contribution in [2.24, 2.45) is 0 Å². The molecular formula is C10H12BrClO. The minimum atomic E-state index is -0.275. The minimum Gasteiger partial charge on any atom is -0.393 e. The highest BCUT2D eigenvalue weighted by Gasteiger charge is 2.05. The normalized spacial score (nSPS) is 12.9. The summed E-state index contributed by atoms with van der Waals surface area (Å²) in [5.41, 5.74) is 1.07. The van der Waals surface area contributed by atoms with Crippen LogP contribution >= 0.6 is 27.5 Å². The molecule has 1 atom stereocenters. The molecule has 0 heterocycles. The van der Waals surface area contributed by atoms with E-state index in [4.69, 9.17) is 16.7 Å². The lowest BCUT2D eigenvalue weighted by Gasteiger charge is -2.08. The number of hydrogen-bond donors (Lipinski definition) is 1. The molecule has 0 aliphatic carbocycles. The third-order valence-corrected chi connectivity index (χ3v) is 2.97. The minimum absolute atomic E-state index is 0.275. The van der Waals surface area contributed by atoms with Gasteiger partial charge >= 0.3 is 0 Å². The van der Waals surface area contributed by atoms with Gasteiger partial charge in [-0.1, -0.05) is 33.6 Å². The van der Waals surface area contributed by atoms with Gasteiger partial charge in [-0.05, 0) is 37.5 Å². The van der Waals surface area contributed by atoms with Crippen LogP contribution in [0.4, 0.5) is 0 Å². The molecule has 1 rings (SSSR count). The molecule has 0 saturated heterocycles. The van der Waals surface area contributed by atoms with E-state index in [-0.39, 0.29) is 6.10 Å². The largest absolute Gasteiger partial charge is 0.393 e. The molecule has 3 heteroatoms. The lowest BCUT2D eigenvalue weighted by atomic mass is 10.1. The first-order chi connectivity index (χ1) is 6.11. The average molecular weight is 264 g/mol. The van der Waals surface area contributed by atoms with Gasteiger partial charge in [-0.3, -0.25) is 0 Å². The van der Waals surface area contributed by atoms with Crippen molar-refractivity contribution in [2.45, 2.75) is 25.9 Å². The Morgan fingerprint density at radius 2 is 2.23 bits per heavy atom. The van der Waals surface area contributed by atoms with E-state index in [1.165, 1.54) is 0 Å². The first kappa shape index (κ1) is 11.0. The predicted molar refractivity (Wildman–Crippen MR) is 59.2 cm³/mol. The maximum atomic E-state index is 9.14. The lowest BCUT2D eigenvalue weighted by Crippen LogP contribution is -2.02. The highest BCUT2D eigenvalue weighted by atomic mass is 79.9. The summed E-state index contributed by atoms with van der Waals surface area (Å²) in [6, 6.07) is 5.73. The number of benzene rings is 1. The third-order valence-electron chi connectivity index (χ3n) is 1.87. The number of aliphatic hydroxyl groups is 1. The molecule has 0 aliphatic rings. The van der Waals surface area contributed by atoms with Crippen LogP contribution in [0.5, 0.6) is 0 Å². The molecule has 0 bridgehead atoms. The van der Waals surface area contributed by atoms with Gasteiger partial charge in [0.05, 0.1) is 6.10 Å². The molecule has 0 radical (unpaired) electrons. The van der Waals surface area contributed by atoms with Crippen molar-refractivity contribution in [2.75, 3.05) is 0 Å². The van der Waals surface area contributed by atoms with Gasteiger partial charge in [-0.25, -0.2) is 0 Å². The van der Waals surface area contributed by atoms with Crippen LogP contribution in [0, 0.1) is 0 Å². The van der Waals surface area contributed by atoms with Crippen LogP contribution in [0.3, 0.4) is 0 Å². The molecular weight excluding hydrogens is 251 g/mol. The Morgan fingerprint density at radius 3 is 2.77 bits per heavy atom. The number of rotatable bonds is 3. The van der Waals surface area contributed by atoms with Gasteiger partial charge in [0, 0.05) is 9.50 Å². The summed E-state index contributed by atoms with van der Waals surface area (Å²) in [6.45, 7) is 1.78. The summed E-state index contributed by atoms with van der Waals surface area (Å²) in [7, 11) is 0. The molecule has 13 heavy (non-hydrogen) atoms. The Balaban J connectivity index is 2.75. The molecule has 72 valence electrons. The summed E-state index contributed by atoms with van der Waals surface area (Å²) in [4.78, 5) is 0. The van der Waals surface area contributed by atoms with Gasteiger partial charge in [0.25, 0.3) is 0 Å². The van der Waals surface area contributed by atoms with Crippen molar-refractivity contribution in [3.63, 3.8) is 0 Å². The monoisotopic (exact) mass is 262 g/mol. The quantitative estimate of drug-likeness (QED) is 0.886. The maximum Gasteiger partial charge on any atom is 0.0515 e. The topological polar surface area (TPSA) is 20.2 Å². The van der Waals surface area contributed by atoms with E-state index in [2.05, 4.69) is 15.9 Å². The lowest BCUT2D eigenvalue weighted by molar-refractivity contribution is 0.185. The SMILES string of the molecule is C[C@H](O)CCc1c(Cl)cccc1Br. The molecule has 1 aromatic rings. The van der Waals surface area contributed by atoms with Crippen LogP contribution < -0.4 is 0 Å². The van der Waals surface area contributed by atoms with Crippen LogP contribution in [0.2, 0.25) is 5.02 Å².